The van der Waals surface area contributed by atoms with E-state index >= 15 is 0 Å². The van der Waals surface area contributed by atoms with Gasteiger partial charge < -0.3 is 10.0 Å². The number of benzene rings is 1. The van der Waals surface area contributed by atoms with Gasteiger partial charge in [-0.15, -0.1) is 0 Å². The standard InChI is InChI=1S/C24H24N4O/c1-16-5-6-17(2)22(12-16)27-11-3-4-21-24(27)28-14-19(8-10-23(28)26-21)18-7-9-20(15-29)25-13-18/h5-10,12-14,29H,3-4,11,15H2,1-2H3. The number of fused-ring (bicyclic) bond motifs is 3. The number of rotatable bonds is 3. The average molecular weight is 384 g/mol. The Morgan fingerprint density at radius 2 is 1.90 bits per heavy atom. The van der Waals surface area contributed by atoms with Crippen molar-refractivity contribution in [2.24, 2.45) is 0 Å². The molecule has 146 valence electrons. The van der Waals surface area contributed by atoms with E-state index in [1.807, 2.05) is 18.3 Å². The highest BCUT2D eigenvalue weighted by atomic mass is 16.3. The number of aromatic nitrogens is 3. The molecule has 0 saturated heterocycles. The molecule has 0 aliphatic carbocycles. The first-order valence-corrected chi connectivity index (χ1v) is 10.1. The first-order valence-electron chi connectivity index (χ1n) is 10.1. The molecule has 5 rings (SSSR count). The summed E-state index contributed by atoms with van der Waals surface area (Å²) < 4.78 is 2.21. The van der Waals surface area contributed by atoms with Crippen LogP contribution in [0.25, 0.3) is 16.8 Å². The molecule has 1 aliphatic heterocycles. The Labute approximate surface area is 170 Å². The second-order valence-corrected chi connectivity index (χ2v) is 7.77. The van der Waals surface area contributed by atoms with Gasteiger partial charge >= 0.3 is 0 Å². The molecule has 4 heterocycles. The molecule has 0 spiro atoms. The summed E-state index contributed by atoms with van der Waals surface area (Å²) >= 11 is 0. The highest BCUT2D eigenvalue weighted by molar-refractivity contribution is 5.73. The maximum Gasteiger partial charge on any atom is 0.141 e. The molecule has 5 nitrogen and oxygen atoms in total. The molecule has 29 heavy (non-hydrogen) atoms. The molecular weight excluding hydrogens is 360 g/mol. The molecule has 0 atom stereocenters. The van der Waals surface area contributed by atoms with E-state index in [0.29, 0.717) is 5.69 Å². The molecule has 1 N–H and O–H groups in total. The van der Waals surface area contributed by atoms with Crippen molar-refractivity contribution in [1.29, 1.82) is 0 Å². The van der Waals surface area contributed by atoms with E-state index in [-0.39, 0.29) is 6.61 Å². The zero-order valence-corrected chi connectivity index (χ0v) is 16.8. The minimum Gasteiger partial charge on any atom is -0.390 e. The summed E-state index contributed by atoms with van der Waals surface area (Å²) in [6, 6.07) is 14.7. The fraction of sp³-hybridized carbons (Fsp3) is 0.250. The average Bonchev–Trinajstić information content (AvgIpc) is 3.13. The second kappa shape index (κ2) is 7.01. The van der Waals surface area contributed by atoms with Crippen molar-refractivity contribution < 1.29 is 5.11 Å². The van der Waals surface area contributed by atoms with Crippen molar-refractivity contribution in [2.75, 3.05) is 11.4 Å². The molecule has 3 aromatic heterocycles. The monoisotopic (exact) mass is 384 g/mol. The molecule has 4 aromatic rings. The topological polar surface area (TPSA) is 53.7 Å². The predicted octanol–water partition coefficient (Wildman–Crippen LogP) is 4.59. The van der Waals surface area contributed by atoms with Gasteiger partial charge in [0.1, 0.15) is 11.5 Å². The van der Waals surface area contributed by atoms with E-state index in [1.165, 1.54) is 22.6 Å². The van der Waals surface area contributed by atoms with Crippen LogP contribution in [0.15, 0.2) is 54.9 Å². The summed E-state index contributed by atoms with van der Waals surface area (Å²) in [6.45, 7) is 5.26. The van der Waals surface area contributed by atoms with E-state index in [1.54, 1.807) is 0 Å². The Hall–Kier alpha value is -3.18. The van der Waals surface area contributed by atoms with Gasteiger partial charge in [-0.05, 0) is 62.1 Å². The van der Waals surface area contributed by atoms with Crippen LogP contribution in [0.1, 0.15) is 28.9 Å². The number of imidazole rings is 1. The van der Waals surface area contributed by atoms with Crippen LogP contribution in [0.2, 0.25) is 0 Å². The van der Waals surface area contributed by atoms with Crippen molar-refractivity contribution in [3.63, 3.8) is 0 Å². The van der Waals surface area contributed by atoms with Gasteiger partial charge in [0.15, 0.2) is 0 Å². The van der Waals surface area contributed by atoms with E-state index in [2.05, 4.69) is 64.7 Å². The van der Waals surface area contributed by atoms with Crippen molar-refractivity contribution in [1.82, 2.24) is 14.4 Å². The summed E-state index contributed by atoms with van der Waals surface area (Å²) in [5.74, 6) is 1.17. The Morgan fingerprint density at radius 3 is 2.69 bits per heavy atom. The molecule has 1 aromatic carbocycles. The first kappa shape index (κ1) is 17.9. The predicted molar refractivity (Wildman–Crippen MR) is 116 cm³/mol. The van der Waals surface area contributed by atoms with E-state index in [0.717, 1.165) is 41.9 Å². The number of aliphatic hydroxyl groups excluding tert-OH is 1. The Kier molecular flexibility index (Phi) is 4.32. The summed E-state index contributed by atoms with van der Waals surface area (Å²) in [7, 11) is 0. The SMILES string of the molecule is Cc1ccc(C)c(N2CCCc3nc4ccc(-c5ccc(CO)nc5)cn4c32)c1. The van der Waals surface area contributed by atoms with Crippen LogP contribution >= 0.6 is 0 Å². The van der Waals surface area contributed by atoms with Crippen LogP contribution in [-0.4, -0.2) is 26.0 Å². The normalized spacial score (nSPS) is 13.7. The number of aliphatic hydroxyl groups is 1. The number of nitrogens with zero attached hydrogens (tertiary/aromatic N) is 4. The molecule has 0 saturated carbocycles. The minimum atomic E-state index is -0.0425. The largest absolute Gasteiger partial charge is 0.390 e. The van der Waals surface area contributed by atoms with Gasteiger partial charge in [0.05, 0.1) is 18.0 Å². The van der Waals surface area contributed by atoms with Gasteiger partial charge in [0, 0.05) is 35.8 Å². The lowest BCUT2D eigenvalue weighted by molar-refractivity contribution is 0.277. The molecule has 5 heteroatoms. The van der Waals surface area contributed by atoms with Crippen molar-refractivity contribution >= 4 is 17.2 Å². The molecule has 0 fully saturated rings. The lowest BCUT2D eigenvalue weighted by Crippen LogP contribution is -2.26. The van der Waals surface area contributed by atoms with Crippen LogP contribution < -0.4 is 4.90 Å². The van der Waals surface area contributed by atoms with Gasteiger partial charge in [0.25, 0.3) is 0 Å². The van der Waals surface area contributed by atoms with Gasteiger partial charge in [-0.2, -0.15) is 0 Å². The zero-order valence-electron chi connectivity index (χ0n) is 16.8. The highest BCUT2D eigenvalue weighted by Crippen LogP contribution is 2.37. The second-order valence-electron chi connectivity index (χ2n) is 7.77. The number of pyridine rings is 2. The van der Waals surface area contributed by atoms with Gasteiger partial charge in [-0.1, -0.05) is 18.2 Å². The van der Waals surface area contributed by atoms with Gasteiger partial charge in [-0.25, -0.2) is 4.98 Å². The lowest BCUT2D eigenvalue weighted by atomic mass is 10.1. The molecule has 1 aliphatic rings. The van der Waals surface area contributed by atoms with Crippen LogP contribution in [0.5, 0.6) is 0 Å². The Bertz CT molecular complexity index is 1190. The summed E-state index contributed by atoms with van der Waals surface area (Å²) in [5.41, 5.74) is 8.71. The van der Waals surface area contributed by atoms with Gasteiger partial charge in [0.2, 0.25) is 0 Å². The van der Waals surface area contributed by atoms with Crippen molar-refractivity contribution in [2.45, 2.75) is 33.3 Å². The summed E-state index contributed by atoms with van der Waals surface area (Å²) in [6.07, 6.45) is 6.07. The fourth-order valence-corrected chi connectivity index (χ4v) is 4.15. The maximum atomic E-state index is 9.24. The Morgan fingerprint density at radius 1 is 1.03 bits per heavy atom. The van der Waals surface area contributed by atoms with E-state index < -0.39 is 0 Å². The lowest BCUT2D eigenvalue weighted by Gasteiger charge is -2.30. The first-order chi connectivity index (χ1) is 14.1. The van der Waals surface area contributed by atoms with Crippen LogP contribution in [0.4, 0.5) is 11.5 Å². The number of aryl methyl sites for hydroxylation is 3. The molecule has 0 bridgehead atoms. The summed E-state index contributed by atoms with van der Waals surface area (Å²) in [4.78, 5) is 11.7. The minimum absolute atomic E-state index is 0.0425. The summed E-state index contributed by atoms with van der Waals surface area (Å²) in [5, 5.41) is 9.24. The molecule has 0 amide bonds. The quantitative estimate of drug-likeness (QED) is 0.561. The third-order valence-electron chi connectivity index (χ3n) is 5.69. The number of hydrogen-bond donors (Lipinski definition) is 1. The molecule has 0 radical (unpaired) electrons. The number of hydrogen-bond acceptors (Lipinski definition) is 4. The third kappa shape index (κ3) is 3.08. The van der Waals surface area contributed by atoms with Crippen LogP contribution in [-0.2, 0) is 13.0 Å². The third-order valence-corrected chi connectivity index (χ3v) is 5.69. The fourth-order valence-electron chi connectivity index (χ4n) is 4.15. The zero-order chi connectivity index (χ0) is 20.0. The van der Waals surface area contributed by atoms with Crippen molar-refractivity contribution in [3.8, 4) is 11.1 Å². The van der Waals surface area contributed by atoms with Gasteiger partial charge in [-0.3, -0.25) is 9.38 Å². The molecular formula is C24H24N4O. The van der Waals surface area contributed by atoms with Crippen molar-refractivity contribution in [3.05, 3.63) is 77.4 Å². The number of anilines is 2. The van der Waals surface area contributed by atoms with E-state index in [9.17, 15) is 5.11 Å². The highest BCUT2D eigenvalue weighted by Gasteiger charge is 2.25. The van der Waals surface area contributed by atoms with Crippen LogP contribution in [0, 0.1) is 13.8 Å². The molecule has 0 unspecified atom stereocenters. The van der Waals surface area contributed by atoms with Crippen LogP contribution in [0.3, 0.4) is 0 Å². The Balaban J connectivity index is 1.66. The maximum absolute atomic E-state index is 9.24. The smallest absolute Gasteiger partial charge is 0.141 e. The van der Waals surface area contributed by atoms with E-state index in [4.69, 9.17) is 4.98 Å².